The summed E-state index contributed by atoms with van der Waals surface area (Å²) in [4.78, 5) is 27.3. The molecule has 3 heterocycles. The first-order valence-corrected chi connectivity index (χ1v) is 14.3. The Balaban J connectivity index is 1.53. The van der Waals surface area contributed by atoms with Crippen LogP contribution in [0.2, 0.25) is 0 Å². The van der Waals surface area contributed by atoms with Gasteiger partial charge < -0.3 is 20.3 Å². The van der Waals surface area contributed by atoms with Crippen LogP contribution < -0.4 is 10.6 Å². The fourth-order valence-corrected chi connectivity index (χ4v) is 4.31. The zero-order valence-electron chi connectivity index (χ0n) is 22.0. The molecule has 2 aromatic heterocycles. The minimum atomic E-state index is -2.38. The zero-order chi connectivity index (χ0) is 27.5. The summed E-state index contributed by atoms with van der Waals surface area (Å²) in [6.07, 6.45) is 4.87. The molecule has 0 saturated carbocycles. The number of rotatable bonds is 5. The second-order valence-electron chi connectivity index (χ2n) is 10.1. The summed E-state index contributed by atoms with van der Waals surface area (Å²) < 4.78 is 21.7. The van der Waals surface area contributed by atoms with E-state index in [1.54, 1.807) is 23.1 Å². The number of nitriles is 1. The molecule has 12 heteroatoms. The van der Waals surface area contributed by atoms with Gasteiger partial charge in [-0.2, -0.15) is 14.6 Å². The van der Waals surface area contributed by atoms with E-state index in [-0.39, 0.29) is 23.4 Å². The molecule has 0 aliphatic carbocycles. The fourth-order valence-electron chi connectivity index (χ4n) is 3.76. The molecular weight excluding hydrogens is 504 g/mol. The van der Waals surface area contributed by atoms with Crippen molar-refractivity contribution in [3.63, 3.8) is 0 Å². The van der Waals surface area contributed by atoms with Crippen LogP contribution in [-0.2, 0) is 27.4 Å². The van der Waals surface area contributed by atoms with Crippen molar-refractivity contribution < 1.29 is 13.7 Å². The minimum absolute atomic E-state index is 0.230. The minimum Gasteiger partial charge on any atom is -0.444 e. The first-order valence-electron chi connectivity index (χ1n) is 11.9. The maximum atomic E-state index is 12.5. The summed E-state index contributed by atoms with van der Waals surface area (Å²) in [6, 6.07) is 13.0. The van der Waals surface area contributed by atoms with Crippen molar-refractivity contribution in [2.24, 2.45) is 4.36 Å². The van der Waals surface area contributed by atoms with Crippen LogP contribution in [0, 0.1) is 11.3 Å². The van der Waals surface area contributed by atoms with Crippen LogP contribution in [0.3, 0.4) is 0 Å². The van der Waals surface area contributed by atoms with E-state index in [1.165, 1.54) is 18.7 Å². The zero-order valence-corrected chi connectivity index (χ0v) is 22.8. The first-order chi connectivity index (χ1) is 17.9. The van der Waals surface area contributed by atoms with Gasteiger partial charge in [0.05, 0.1) is 6.20 Å². The molecule has 0 unspecified atom stereocenters. The van der Waals surface area contributed by atoms with Crippen LogP contribution in [0.5, 0.6) is 0 Å². The molecular formula is C26H30N8O3S. The SMILES string of the molecule is CC(C)(C)OC(=O)N1CCc2ccc(Nc3ncc(C#N)c(Nc4cccc(N=S(C)(C)=O)n4)n3)cc2C1. The van der Waals surface area contributed by atoms with E-state index in [9.17, 15) is 14.3 Å². The largest absolute Gasteiger partial charge is 0.444 e. The van der Waals surface area contributed by atoms with Gasteiger partial charge in [-0.1, -0.05) is 12.1 Å². The third-order valence-corrected chi connectivity index (χ3v) is 5.96. The van der Waals surface area contributed by atoms with Crippen LogP contribution in [0.4, 0.5) is 33.9 Å². The van der Waals surface area contributed by atoms with E-state index in [0.29, 0.717) is 24.7 Å². The van der Waals surface area contributed by atoms with Crippen molar-refractivity contribution in [1.29, 1.82) is 5.26 Å². The van der Waals surface area contributed by atoms with Gasteiger partial charge in [0, 0.05) is 41.0 Å². The number of carbonyl (C=O) groups excluding carboxylic acids is 1. The molecule has 0 fully saturated rings. The lowest BCUT2D eigenvalue weighted by atomic mass is 9.99. The topological polar surface area (TPSA) is 145 Å². The number of nitrogens with one attached hydrogen (secondary N) is 2. The maximum absolute atomic E-state index is 12.5. The smallest absolute Gasteiger partial charge is 0.410 e. The number of aromatic nitrogens is 3. The van der Waals surface area contributed by atoms with Crippen LogP contribution in [0.25, 0.3) is 0 Å². The number of amides is 1. The summed E-state index contributed by atoms with van der Waals surface area (Å²) in [5.74, 6) is 1.24. The predicted octanol–water partition coefficient (Wildman–Crippen LogP) is 4.88. The summed E-state index contributed by atoms with van der Waals surface area (Å²) in [6.45, 7) is 6.58. The van der Waals surface area contributed by atoms with Gasteiger partial charge in [0.1, 0.15) is 23.1 Å². The van der Waals surface area contributed by atoms with Gasteiger partial charge in [0.25, 0.3) is 0 Å². The quantitative estimate of drug-likeness (QED) is 0.467. The van der Waals surface area contributed by atoms with E-state index in [0.717, 1.165) is 23.2 Å². The number of benzene rings is 1. The van der Waals surface area contributed by atoms with E-state index in [2.05, 4.69) is 36.0 Å². The van der Waals surface area contributed by atoms with Crippen LogP contribution in [0.1, 0.15) is 37.5 Å². The maximum Gasteiger partial charge on any atom is 0.410 e. The first kappa shape index (κ1) is 26.8. The monoisotopic (exact) mass is 534 g/mol. The standard InChI is InChI=1S/C26H30N8O3S/c1-26(2,3)37-25(35)34-12-11-17-9-10-20(13-18(17)16-34)29-24-28-15-19(14-27)23(32-24)31-21-7-6-8-22(30-21)33-38(4,5)36/h6-10,13,15H,11-12,16H2,1-5H3,(H2,28,29,30,31,32). The molecule has 0 saturated heterocycles. The predicted molar refractivity (Wildman–Crippen MR) is 146 cm³/mol. The number of pyridine rings is 1. The fraction of sp³-hybridized carbons (Fsp3) is 0.346. The average molecular weight is 535 g/mol. The highest BCUT2D eigenvalue weighted by atomic mass is 32.2. The summed E-state index contributed by atoms with van der Waals surface area (Å²) in [5.41, 5.74) is 2.58. The Morgan fingerprint density at radius 3 is 2.66 bits per heavy atom. The van der Waals surface area contributed by atoms with Crippen LogP contribution in [0.15, 0.2) is 47.0 Å². The van der Waals surface area contributed by atoms with Crippen LogP contribution in [-0.4, -0.2) is 54.8 Å². The second-order valence-corrected chi connectivity index (χ2v) is 12.7. The Kier molecular flexibility index (Phi) is 7.50. The molecule has 1 aliphatic heterocycles. The van der Waals surface area contributed by atoms with Gasteiger partial charge in [-0.05, 0) is 62.6 Å². The molecule has 0 spiro atoms. The number of hydrogen-bond acceptors (Lipinski definition) is 10. The van der Waals surface area contributed by atoms with E-state index in [1.807, 2.05) is 39.0 Å². The second kappa shape index (κ2) is 10.6. The number of anilines is 4. The number of ether oxygens (including phenoxy) is 1. The van der Waals surface area contributed by atoms with Gasteiger partial charge in [-0.3, -0.25) is 0 Å². The normalized spacial score (nSPS) is 13.2. The third kappa shape index (κ3) is 7.17. The molecule has 11 nitrogen and oxygen atoms in total. The summed E-state index contributed by atoms with van der Waals surface area (Å²) in [5, 5.41) is 15.7. The Bertz CT molecular complexity index is 1530. The van der Waals surface area contributed by atoms with Crippen LogP contribution >= 0.6 is 0 Å². The molecule has 3 aromatic rings. The summed E-state index contributed by atoms with van der Waals surface area (Å²) >= 11 is 0. The van der Waals surface area contributed by atoms with Gasteiger partial charge in [-0.25, -0.2) is 19.0 Å². The lowest BCUT2D eigenvalue weighted by Crippen LogP contribution is -2.39. The van der Waals surface area contributed by atoms with Crippen molar-refractivity contribution in [3.05, 3.63) is 59.3 Å². The molecule has 1 aliphatic rings. The number of carbonyl (C=O) groups is 1. The van der Waals surface area contributed by atoms with Gasteiger partial charge in [0.2, 0.25) is 5.95 Å². The summed E-state index contributed by atoms with van der Waals surface area (Å²) in [7, 11) is -2.38. The molecule has 0 atom stereocenters. The van der Waals surface area contributed by atoms with Gasteiger partial charge in [0.15, 0.2) is 11.6 Å². The highest BCUT2D eigenvalue weighted by Crippen LogP contribution is 2.26. The number of nitrogens with zero attached hydrogens (tertiary/aromatic N) is 6. The van der Waals surface area contributed by atoms with Crippen molar-refractivity contribution in [2.45, 2.75) is 39.3 Å². The van der Waals surface area contributed by atoms with E-state index in [4.69, 9.17) is 4.74 Å². The Labute approximate surface area is 222 Å². The molecule has 0 bridgehead atoms. The molecule has 1 aromatic carbocycles. The highest BCUT2D eigenvalue weighted by Gasteiger charge is 2.26. The molecule has 2 N–H and O–H groups in total. The molecule has 4 rings (SSSR count). The molecule has 0 radical (unpaired) electrons. The van der Waals surface area contributed by atoms with Crippen molar-refractivity contribution in [2.75, 3.05) is 29.7 Å². The van der Waals surface area contributed by atoms with Crippen molar-refractivity contribution >= 4 is 44.9 Å². The third-order valence-electron chi connectivity index (χ3n) is 5.33. The number of hydrogen-bond donors (Lipinski definition) is 2. The van der Waals surface area contributed by atoms with E-state index >= 15 is 0 Å². The molecule has 38 heavy (non-hydrogen) atoms. The molecule has 198 valence electrons. The van der Waals surface area contributed by atoms with Crippen molar-refractivity contribution in [3.8, 4) is 6.07 Å². The van der Waals surface area contributed by atoms with E-state index < -0.39 is 15.3 Å². The highest BCUT2D eigenvalue weighted by molar-refractivity contribution is 7.92. The molecule has 1 amide bonds. The van der Waals surface area contributed by atoms with Gasteiger partial charge in [-0.15, -0.1) is 0 Å². The average Bonchev–Trinajstić information content (AvgIpc) is 2.82. The Hall–Kier alpha value is -4.24. The van der Waals surface area contributed by atoms with Crippen molar-refractivity contribution in [1.82, 2.24) is 19.9 Å². The number of fused-ring (bicyclic) bond motifs is 1. The lowest BCUT2D eigenvalue weighted by Gasteiger charge is -2.31. The Morgan fingerprint density at radius 2 is 1.95 bits per heavy atom. The van der Waals surface area contributed by atoms with Gasteiger partial charge >= 0.3 is 6.09 Å². The Morgan fingerprint density at radius 1 is 1.16 bits per heavy atom. The lowest BCUT2D eigenvalue weighted by molar-refractivity contribution is 0.0224.